The van der Waals surface area contributed by atoms with E-state index in [2.05, 4.69) is 10.0 Å². The largest absolute Gasteiger partial charge is 0.497 e. The first kappa shape index (κ1) is 20.2. The van der Waals surface area contributed by atoms with E-state index in [-0.39, 0.29) is 23.7 Å². The van der Waals surface area contributed by atoms with Gasteiger partial charge in [0.2, 0.25) is 10.0 Å². The van der Waals surface area contributed by atoms with Crippen LogP contribution in [0.2, 0.25) is 5.02 Å². The van der Waals surface area contributed by atoms with Gasteiger partial charge in [0, 0.05) is 29.1 Å². The SMILES string of the molecule is COc1ccc(S(=O)(=O)NCCNC(=O)c2oc3ccc(Cl)cc3c2C)cc1. The monoisotopic (exact) mass is 422 g/mol. The summed E-state index contributed by atoms with van der Waals surface area (Å²) in [6, 6.07) is 11.1. The number of aryl methyl sites for hydroxylation is 1. The molecule has 28 heavy (non-hydrogen) atoms. The Hall–Kier alpha value is -2.55. The van der Waals surface area contributed by atoms with Crippen molar-refractivity contribution in [3.05, 3.63) is 58.8 Å². The molecule has 0 aliphatic heterocycles. The Kier molecular flexibility index (Phi) is 5.93. The lowest BCUT2D eigenvalue weighted by molar-refractivity contribution is 0.0928. The first-order valence-electron chi connectivity index (χ1n) is 8.42. The number of carbonyl (C=O) groups is 1. The zero-order chi connectivity index (χ0) is 20.3. The molecular formula is C19H19ClN2O5S. The lowest BCUT2D eigenvalue weighted by Crippen LogP contribution is -2.34. The summed E-state index contributed by atoms with van der Waals surface area (Å²) in [4.78, 5) is 12.5. The van der Waals surface area contributed by atoms with E-state index in [1.165, 1.54) is 19.2 Å². The lowest BCUT2D eigenvalue weighted by Gasteiger charge is -2.08. The number of carbonyl (C=O) groups excluding carboxylic acids is 1. The molecule has 0 unspecified atom stereocenters. The second-order valence-corrected chi connectivity index (χ2v) is 8.23. The Morgan fingerprint density at radius 2 is 1.86 bits per heavy atom. The molecule has 0 fully saturated rings. The van der Waals surface area contributed by atoms with Crippen molar-refractivity contribution >= 4 is 38.5 Å². The number of hydrogen-bond acceptors (Lipinski definition) is 5. The van der Waals surface area contributed by atoms with Gasteiger partial charge in [-0.1, -0.05) is 11.6 Å². The molecular weight excluding hydrogens is 404 g/mol. The van der Waals surface area contributed by atoms with Crippen molar-refractivity contribution in [1.82, 2.24) is 10.0 Å². The average Bonchev–Trinajstić information content (AvgIpc) is 3.01. The minimum absolute atomic E-state index is 0.0329. The van der Waals surface area contributed by atoms with E-state index >= 15 is 0 Å². The highest BCUT2D eigenvalue weighted by Gasteiger charge is 2.18. The quantitative estimate of drug-likeness (QED) is 0.570. The van der Waals surface area contributed by atoms with Crippen LogP contribution in [0.3, 0.4) is 0 Å². The number of halogens is 1. The summed E-state index contributed by atoms with van der Waals surface area (Å²) >= 11 is 5.98. The normalized spacial score (nSPS) is 11.5. The molecule has 0 spiro atoms. The lowest BCUT2D eigenvalue weighted by atomic mass is 10.1. The summed E-state index contributed by atoms with van der Waals surface area (Å²) in [7, 11) is -2.17. The first-order valence-corrected chi connectivity index (χ1v) is 10.3. The standard InChI is InChI=1S/C19H19ClN2O5S/c1-12-16-11-13(20)3-8-17(16)27-18(12)19(23)21-9-10-22-28(24,25)15-6-4-14(26-2)5-7-15/h3-8,11,22H,9-10H2,1-2H3,(H,21,23). The summed E-state index contributed by atoms with van der Waals surface area (Å²) in [5.74, 6) is 0.317. The van der Waals surface area contributed by atoms with Gasteiger partial charge in [0.05, 0.1) is 12.0 Å². The fourth-order valence-corrected chi connectivity index (χ4v) is 3.89. The number of nitrogens with one attached hydrogen (secondary N) is 2. The van der Waals surface area contributed by atoms with Gasteiger partial charge in [-0.25, -0.2) is 13.1 Å². The van der Waals surface area contributed by atoms with E-state index in [9.17, 15) is 13.2 Å². The second kappa shape index (κ2) is 8.22. The van der Waals surface area contributed by atoms with Crippen molar-refractivity contribution in [2.75, 3.05) is 20.2 Å². The molecule has 0 saturated carbocycles. The molecule has 0 bridgehead atoms. The van der Waals surface area contributed by atoms with Crippen molar-refractivity contribution in [3.63, 3.8) is 0 Å². The molecule has 0 saturated heterocycles. The predicted octanol–water partition coefficient (Wildman–Crippen LogP) is 3.11. The number of benzene rings is 2. The summed E-state index contributed by atoms with van der Waals surface area (Å²) in [6.07, 6.45) is 0. The number of rotatable bonds is 7. The van der Waals surface area contributed by atoms with E-state index in [0.29, 0.717) is 21.9 Å². The smallest absolute Gasteiger partial charge is 0.287 e. The van der Waals surface area contributed by atoms with E-state index in [1.54, 1.807) is 37.3 Å². The fourth-order valence-electron chi connectivity index (χ4n) is 2.69. The molecule has 0 aliphatic rings. The number of ether oxygens (including phenoxy) is 1. The predicted molar refractivity (Wildman–Crippen MR) is 106 cm³/mol. The molecule has 0 aliphatic carbocycles. The van der Waals surface area contributed by atoms with Crippen LogP contribution in [0.1, 0.15) is 16.1 Å². The number of amides is 1. The molecule has 7 nitrogen and oxygen atoms in total. The number of sulfonamides is 1. The van der Waals surface area contributed by atoms with Gasteiger partial charge in [0.25, 0.3) is 5.91 Å². The first-order chi connectivity index (χ1) is 13.3. The number of methoxy groups -OCH3 is 1. The van der Waals surface area contributed by atoms with Gasteiger partial charge in [-0.15, -0.1) is 0 Å². The van der Waals surface area contributed by atoms with Crippen LogP contribution in [0.15, 0.2) is 51.8 Å². The highest BCUT2D eigenvalue weighted by atomic mass is 35.5. The summed E-state index contributed by atoms with van der Waals surface area (Å²) in [5.41, 5.74) is 1.24. The highest BCUT2D eigenvalue weighted by molar-refractivity contribution is 7.89. The fraction of sp³-hybridized carbons (Fsp3) is 0.211. The molecule has 1 heterocycles. The molecule has 148 valence electrons. The van der Waals surface area contributed by atoms with Gasteiger partial charge in [0.15, 0.2) is 5.76 Å². The van der Waals surface area contributed by atoms with Crippen LogP contribution >= 0.6 is 11.6 Å². The van der Waals surface area contributed by atoms with Crippen LogP contribution in [0.25, 0.3) is 11.0 Å². The van der Waals surface area contributed by atoms with Crippen molar-refractivity contribution in [2.24, 2.45) is 0 Å². The molecule has 1 amide bonds. The van der Waals surface area contributed by atoms with Crippen LogP contribution in [-0.4, -0.2) is 34.5 Å². The summed E-state index contributed by atoms with van der Waals surface area (Å²) < 4.78 is 37.5. The number of furan rings is 1. The third-order valence-corrected chi connectivity index (χ3v) is 5.89. The number of hydrogen-bond donors (Lipinski definition) is 2. The summed E-state index contributed by atoms with van der Waals surface area (Å²) in [5, 5.41) is 3.96. The highest BCUT2D eigenvalue weighted by Crippen LogP contribution is 2.27. The van der Waals surface area contributed by atoms with E-state index in [1.807, 2.05) is 0 Å². The zero-order valence-corrected chi connectivity index (χ0v) is 16.9. The Morgan fingerprint density at radius 3 is 2.54 bits per heavy atom. The van der Waals surface area contributed by atoms with Crippen LogP contribution in [0, 0.1) is 6.92 Å². The van der Waals surface area contributed by atoms with Gasteiger partial charge in [-0.3, -0.25) is 4.79 Å². The Balaban J connectivity index is 1.59. The average molecular weight is 423 g/mol. The number of fused-ring (bicyclic) bond motifs is 1. The minimum atomic E-state index is -3.68. The van der Waals surface area contributed by atoms with E-state index in [0.717, 1.165) is 5.39 Å². The Morgan fingerprint density at radius 1 is 1.14 bits per heavy atom. The molecule has 3 rings (SSSR count). The summed E-state index contributed by atoms with van der Waals surface area (Å²) in [6.45, 7) is 1.90. The minimum Gasteiger partial charge on any atom is -0.497 e. The molecule has 0 radical (unpaired) electrons. The van der Waals surface area contributed by atoms with Crippen molar-refractivity contribution in [1.29, 1.82) is 0 Å². The third-order valence-electron chi connectivity index (χ3n) is 4.18. The maximum Gasteiger partial charge on any atom is 0.287 e. The Bertz CT molecular complexity index is 1110. The van der Waals surface area contributed by atoms with Gasteiger partial charge in [0.1, 0.15) is 11.3 Å². The van der Waals surface area contributed by atoms with Crippen LogP contribution < -0.4 is 14.8 Å². The molecule has 9 heteroatoms. The molecule has 3 aromatic rings. The van der Waals surface area contributed by atoms with Crippen molar-refractivity contribution < 1.29 is 22.4 Å². The van der Waals surface area contributed by atoms with Gasteiger partial charge >= 0.3 is 0 Å². The van der Waals surface area contributed by atoms with Gasteiger partial charge in [-0.05, 0) is 49.4 Å². The van der Waals surface area contributed by atoms with Crippen LogP contribution in [-0.2, 0) is 10.0 Å². The maximum atomic E-state index is 12.4. The molecule has 2 N–H and O–H groups in total. The second-order valence-electron chi connectivity index (χ2n) is 6.03. The zero-order valence-electron chi connectivity index (χ0n) is 15.3. The molecule has 2 aromatic carbocycles. The van der Waals surface area contributed by atoms with Gasteiger partial charge < -0.3 is 14.5 Å². The third kappa shape index (κ3) is 4.30. The Labute approximate surface area is 167 Å². The maximum absolute atomic E-state index is 12.4. The van der Waals surface area contributed by atoms with E-state index < -0.39 is 15.9 Å². The van der Waals surface area contributed by atoms with Gasteiger partial charge in [-0.2, -0.15) is 0 Å². The van der Waals surface area contributed by atoms with Crippen molar-refractivity contribution in [2.45, 2.75) is 11.8 Å². The van der Waals surface area contributed by atoms with Crippen molar-refractivity contribution in [3.8, 4) is 5.75 Å². The topological polar surface area (TPSA) is 97.6 Å². The van der Waals surface area contributed by atoms with Crippen LogP contribution in [0.5, 0.6) is 5.75 Å². The molecule has 1 aromatic heterocycles. The molecule has 0 atom stereocenters. The van der Waals surface area contributed by atoms with E-state index in [4.69, 9.17) is 20.8 Å². The van der Waals surface area contributed by atoms with Crippen LogP contribution in [0.4, 0.5) is 0 Å².